The molecule has 1 atom stereocenters. The highest BCUT2D eigenvalue weighted by Gasteiger charge is 2.17. The Kier molecular flexibility index (Phi) is 6.54. The third kappa shape index (κ3) is 4.97. The molecular weight excluding hydrogens is 342 g/mol. The molecule has 0 heterocycles. The minimum atomic E-state index is -1.05. The first-order valence-electron chi connectivity index (χ1n) is 5.57. The van der Waals surface area contributed by atoms with Gasteiger partial charge in [-0.15, -0.1) is 0 Å². The van der Waals surface area contributed by atoms with Gasteiger partial charge in [-0.1, -0.05) is 11.6 Å². The number of aliphatic carboxylic acids is 1. The van der Waals surface area contributed by atoms with Gasteiger partial charge in [0.05, 0.1) is 16.1 Å². The summed E-state index contributed by atoms with van der Waals surface area (Å²) in [6.07, 6.45) is -0.763. The van der Waals surface area contributed by atoms with E-state index in [2.05, 4.69) is 15.9 Å². The highest BCUT2D eigenvalue weighted by Crippen LogP contribution is 2.30. The minimum Gasteiger partial charge on any atom is -0.492 e. The van der Waals surface area contributed by atoms with E-state index >= 15 is 0 Å². The maximum atomic E-state index is 13.2. The van der Waals surface area contributed by atoms with Gasteiger partial charge in [0.1, 0.15) is 11.6 Å². The number of carboxylic acid groups (broad SMARTS) is 1. The Labute approximate surface area is 123 Å². The highest BCUT2D eigenvalue weighted by molar-refractivity contribution is 9.10. The summed E-state index contributed by atoms with van der Waals surface area (Å²) in [7, 11) is 0. The number of ether oxygens (including phenoxy) is 2. The van der Waals surface area contributed by atoms with Crippen molar-refractivity contribution in [1.29, 1.82) is 0 Å². The van der Waals surface area contributed by atoms with Crippen molar-refractivity contribution in [3.8, 4) is 5.75 Å². The fourth-order valence-corrected chi connectivity index (χ4v) is 2.12. The zero-order valence-corrected chi connectivity index (χ0v) is 12.5. The van der Waals surface area contributed by atoms with Crippen molar-refractivity contribution in [2.45, 2.75) is 19.4 Å². The zero-order valence-electron chi connectivity index (χ0n) is 10.2. The van der Waals surface area contributed by atoms with Gasteiger partial charge in [-0.05, 0) is 28.9 Å². The van der Waals surface area contributed by atoms with E-state index in [0.29, 0.717) is 11.1 Å². The van der Waals surface area contributed by atoms with Crippen LogP contribution in [0.2, 0.25) is 5.02 Å². The van der Waals surface area contributed by atoms with E-state index in [1.165, 1.54) is 6.07 Å². The summed E-state index contributed by atoms with van der Waals surface area (Å²) >= 11 is 8.78. The molecule has 0 amide bonds. The van der Waals surface area contributed by atoms with Crippen molar-refractivity contribution in [1.82, 2.24) is 0 Å². The molecule has 0 aliphatic heterocycles. The molecule has 0 aromatic heterocycles. The molecule has 0 spiro atoms. The molecule has 0 radical (unpaired) electrons. The molecule has 7 heteroatoms. The fraction of sp³-hybridized carbons (Fsp3) is 0.417. The van der Waals surface area contributed by atoms with Crippen molar-refractivity contribution in [2.24, 2.45) is 0 Å². The number of carboxylic acids is 1. The smallest absolute Gasteiger partial charge is 0.332 e. The lowest BCUT2D eigenvalue weighted by Crippen LogP contribution is -2.26. The van der Waals surface area contributed by atoms with Crippen LogP contribution in [0.1, 0.15) is 13.3 Å². The minimum absolute atomic E-state index is 0.0167. The molecule has 0 bridgehead atoms. The standard InChI is InChI=1S/C12H13BrClFO4/c1-2-18-10(12(16)17)3-4-19-11-6-9(15)8(14)5-7(11)13/h5-6,10H,2-4H2,1H3,(H,16,17). The highest BCUT2D eigenvalue weighted by atomic mass is 79.9. The monoisotopic (exact) mass is 354 g/mol. The second kappa shape index (κ2) is 7.67. The lowest BCUT2D eigenvalue weighted by molar-refractivity contribution is -0.150. The molecule has 0 aliphatic rings. The number of halogens is 3. The predicted octanol–water partition coefficient (Wildman–Crippen LogP) is 3.50. The Morgan fingerprint density at radius 2 is 2.26 bits per heavy atom. The summed E-state index contributed by atoms with van der Waals surface area (Å²) in [5.74, 6) is -1.38. The molecule has 1 unspecified atom stereocenters. The molecule has 1 aromatic carbocycles. The van der Waals surface area contributed by atoms with E-state index in [-0.39, 0.29) is 23.8 Å². The van der Waals surface area contributed by atoms with Crippen LogP contribution in [0, 0.1) is 5.82 Å². The Balaban J connectivity index is 2.57. The molecule has 0 aliphatic carbocycles. The van der Waals surface area contributed by atoms with Crippen LogP contribution in [0.15, 0.2) is 16.6 Å². The Morgan fingerprint density at radius 3 is 2.84 bits per heavy atom. The molecule has 0 saturated carbocycles. The summed E-state index contributed by atoms with van der Waals surface area (Å²) in [5.41, 5.74) is 0. The maximum Gasteiger partial charge on any atom is 0.332 e. The normalized spacial score (nSPS) is 12.2. The lowest BCUT2D eigenvalue weighted by Gasteiger charge is -2.13. The van der Waals surface area contributed by atoms with Crippen LogP contribution in [0.4, 0.5) is 4.39 Å². The molecule has 106 valence electrons. The fourth-order valence-electron chi connectivity index (χ4n) is 1.37. The van der Waals surface area contributed by atoms with Gasteiger partial charge in [-0.25, -0.2) is 9.18 Å². The van der Waals surface area contributed by atoms with Gasteiger partial charge in [-0.3, -0.25) is 0 Å². The summed E-state index contributed by atoms with van der Waals surface area (Å²) in [6.45, 7) is 2.11. The van der Waals surface area contributed by atoms with E-state index in [0.717, 1.165) is 6.07 Å². The molecule has 0 fully saturated rings. The second-order valence-electron chi connectivity index (χ2n) is 3.62. The summed E-state index contributed by atoms with van der Waals surface area (Å²) < 4.78 is 24.1. The number of benzene rings is 1. The van der Waals surface area contributed by atoms with Crippen molar-refractivity contribution in [3.05, 3.63) is 27.4 Å². The van der Waals surface area contributed by atoms with Gasteiger partial charge >= 0.3 is 5.97 Å². The average Bonchev–Trinajstić information content (AvgIpc) is 2.34. The molecular formula is C12H13BrClFO4. The SMILES string of the molecule is CCOC(CCOc1cc(F)c(Cl)cc1Br)C(=O)O. The van der Waals surface area contributed by atoms with Gasteiger partial charge in [0.2, 0.25) is 0 Å². The topological polar surface area (TPSA) is 55.8 Å². The van der Waals surface area contributed by atoms with E-state index in [1.54, 1.807) is 6.92 Å². The van der Waals surface area contributed by atoms with Crippen molar-refractivity contribution < 1.29 is 23.8 Å². The van der Waals surface area contributed by atoms with Crippen LogP contribution in [0.5, 0.6) is 5.75 Å². The van der Waals surface area contributed by atoms with Gasteiger partial charge in [0, 0.05) is 19.1 Å². The predicted molar refractivity (Wildman–Crippen MR) is 72.3 cm³/mol. The number of rotatable bonds is 7. The Morgan fingerprint density at radius 1 is 1.58 bits per heavy atom. The van der Waals surface area contributed by atoms with Crippen LogP contribution < -0.4 is 4.74 Å². The summed E-state index contributed by atoms with van der Waals surface area (Å²) in [5, 5.41) is 8.85. The van der Waals surface area contributed by atoms with Crippen molar-refractivity contribution >= 4 is 33.5 Å². The van der Waals surface area contributed by atoms with Crippen LogP contribution >= 0.6 is 27.5 Å². The number of hydrogen-bond donors (Lipinski definition) is 1. The largest absolute Gasteiger partial charge is 0.492 e. The molecule has 4 nitrogen and oxygen atoms in total. The van der Waals surface area contributed by atoms with Crippen molar-refractivity contribution in [3.63, 3.8) is 0 Å². The molecule has 0 saturated heterocycles. The maximum absolute atomic E-state index is 13.2. The van der Waals surface area contributed by atoms with Crippen LogP contribution in [-0.2, 0) is 9.53 Å². The van der Waals surface area contributed by atoms with Gasteiger partial charge in [-0.2, -0.15) is 0 Å². The van der Waals surface area contributed by atoms with E-state index in [4.69, 9.17) is 26.2 Å². The third-order valence-corrected chi connectivity index (χ3v) is 3.17. The average molecular weight is 356 g/mol. The first kappa shape index (κ1) is 16.2. The molecule has 1 rings (SSSR count). The van der Waals surface area contributed by atoms with E-state index in [1.807, 2.05) is 0 Å². The first-order valence-corrected chi connectivity index (χ1v) is 6.74. The van der Waals surface area contributed by atoms with Crippen LogP contribution in [0.3, 0.4) is 0 Å². The lowest BCUT2D eigenvalue weighted by atomic mass is 10.2. The Bertz CT molecular complexity index is 456. The zero-order chi connectivity index (χ0) is 14.4. The third-order valence-electron chi connectivity index (χ3n) is 2.26. The Hall–Kier alpha value is -0.850. The van der Waals surface area contributed by atoms with Gasteiger partial charge < -0.3 is 14.6 Å². The number of hydrogen-bond acceptors (Lipinski definition) is 3. The van der Waals surface area contributed by atoms with Crippen molar-refractivity contribution in [2.75, 3.05) is 13.2 Å². The van der Waals surface area contributed by atoms with Gasteiger partial charge in [0.25, 0.3) is 0 Å². The number of carbonyl (C=O) groups is 1. The quantitative estimate of drug-likeness (QED) is 0.761. The molecule has 1 N–H and O–H groups in total. The van der Waals surface area contributed by atoms with Crippen LogP contribution in [-0.4, -0.2) is 30.4 Å². The van der Waals surface area contributed by atoms with E-state index < -0.39 is 17.9 Å². The summed E-state index contributed by atoms with van der Waals surface area (Å²) in [4.78, 5) is 10.8. The van der Waals surface area contributed by atoms with E-state index in [9.17, 15) is 9.18 Å². The van der Waals surface area contributed by atoms with Crippen LogP contribution in [0.25, 0.3) is 0 Å². The van der Waals surface area contributed by atoms with Gasteiger partial charge in [0.15, 0.2) is 6.10 Å². The summed E-state index contributed by atoms with van der Waals surface area (Å²) in [6, 6.07) is 2.52. The molecule has 1 aromatic rings. The second-order valence-corrected chi connectivity index (χ2v) is 4.88. The first-order chi connectivity index (χ1) is 8.95. The molecule has 19 heavy (non-hydrogen) atoms.